The Bertz CT molecular complexity index is 641. The number of nitrogens with zero attached hydrogens (tertiary/aromatic N) is 3. The number of carbonyl (C=O) groups excluding carboxylic acids is 1. The predicted molar refractivity (Wildman–Crippen MR) is 92.3 cm³/mol. The van der Waals surface area contributed by atoms with Gasteiger partial charge in [0.1, 0.15) is 5.01 Å². The van der Waals surface area contributed by atoms with E-state index < -0.39 is 0 Å². The van der Waals surface area contributed by atoms with Crippen LogP contribution in [0.2, 0.25) is 0 Å². The van der Waals surface area contributed by atoms with Crippen molar-refractivity contribution in [1.29, 1.82) is 0 Å². The van der Waals surface area contributed by atoms with Gasteiger partial charge in [0, 0.05) is 35.9 Å². The average Bonchev–Trinajstić information content (AvgIpc) is 3.02. The lowest BCUT2D eigenvalue weighted by Gasteiger charge is -2.34. The first-order valence-electron chi connectivity index (χ1n) is 8.35. The van der Waals surface area contributed by atoms with Gasteiger partial charge in [0.25, 0.3) is 0 Å². The molecule has 122 valence electrons. The van der Waals surface area contributed by atoms with Crippen LogP contribution in [0.3, 0.4) is 0 Å². The van der Waals surface area contributed by atoms with Crippen molar-refractivity contribution in [1.82, 2.24) is 14.9 Å². The van der Waals surface area contributed by atoms with Crippen LogP contribution in [0, 0.1) is 6.92 Å². The SMILES string of the molecule is Cc1csc(C2CCCCN2C(=O)CCCc2ccccn2)n1. The molecule has 1 amide bonds. The van der Waals surface area contributed by atoms with E-state index in [9.17, 15) is 4.79 Å². The molecule has 3 rings (SSSR count). The number of likely N-dealkylation sites (tertiary alicyclic amines) is 1. The van der Waals surface area contributed by atoms with Crippen molar-refractivity contribution < 1.29 is 4.79 Å². The van der Waals surface area contributed by atoms with Crippen molar-refractivity contribution in [2.45, 2.75) is 51.5 Å². The number of pyridine rings is 1. The van der Waals surface area contributed by atoms with Crippen molar-refractivity contribution >= 4 is 17.2 Å². The third kappa shape index (κ3) is 4.16. The Morgan fingerprint density at radius 3 is 3.04 bits per heavy atom. The standard InChI is InChI=1S/C18H23N3OS/c1-14-13-23-18(20-14)16-9-3-5-12-21(16)17(22)10-6-8-15-7-2-4-11-19-15/h2,4,7,11,13,16H,3,5-6,8-10,12H2,1H3. The van der Waals surface area contributed by atoms with Gasteiger partial charge in [0.05, 0.1) is 6.04 Å². The summed E-state index contributed by atoms with van der Waals surface area (Å²) in [6, 6.07) is 6.12. The summed E-state index contributed by atoms with van der Waals surface area (Å²) in [7, 11) is 0. The first kappa shape index (κ1) is 16.1. The molecule has 2 aromatic rings. The van der Waals surface area contributed by atoms with E-state index in [1.807, 2.05) is 31.3 Å². The van der Waals surface area contributed by atoms with Crippen molar-refractivity contribution in [3.05, 3.63) is 46.2 Å². The fraction of sp³-hybridized carbons (Fsp3) is 0.500. The molecule has 0 N–H and O–H groups in total. The molecule has 1 aliphatic heterocycles. The molecule has 1 fully saturated rings. The summed E-state index contributed by atoms with van der Waals surface area (Å²) < 4.78 is 0. The molecule has 1 atom stereocenters. The number of thiazole rings is 1. The van der Waals surface area contributed by atoms with E-state index in [4.69, 9.17) is 0 Å². The third-order valence-electron chi connectivity index (χ3n) is 4.29. The molecule has 0 aromatic carbocycles. The molecule has 0 radical (unpaired) electrons. The molecule has 0 bridgehead atoms. The summed E-state index contributed by atoms with van der Waals surface area (Å²) in [5.74, 6) is 0.262. The normalized spacial score (nSPS) is 18.1. The largest absolute Gasteiger partial charge is 0.333 e. The maximum absolute atomic E-state index is 12.7. The highest BCUT2D eigenvalue weighted by molar-refractivity contribution is 7.09. The minimum atomic E-state index is 0.185. The van der Waals surface area contributed by atoms with Gasteiger partial charge in [0.2, 0.25) is 5.91 Å². The number of amides is 1. The lowest BCUT2D eigenvalue weighted by atomic mass is 10.0. The number of carbonyl (C=O) groups is 1. The number of hydrogen-bond donors (Lipinski definition) is 0. The van der Waals surface area contributed by atoms with Crippen molar-refractivity contribution in [2.24, 2.45) is 0 Å². The van der Waals surface area contributed by atoms with Crippen LogP contribution in [0.5, 0.6) is 0 Å². The highest BCUT2D eigenvalue weighted by Gasteiger charge is 2.29. The zero-order valence-electron chi connectivity index (χ0n) is 13.6. The molecule has 1 saturated heterocycles. The van der Waals surface area contributed by atoms with Crippen LogP contribution < -0.4 is 0 Å². The first-order valence-corrected chi connectivity index (χ1v) is 9.23. The second kappa shape index (κ2) is 7.68. The van der Waals surface area contributed by atoms with E-state index in [-0.39, 0.29) is 11.9 Å². The molecule has 5 heteroatoms. The second-order valence-electron chi connectivity index (χ2n) is 6.10. The number of piperidine rings is 1. The second-order valence-corrected chi connectivity index (χ2v) is 6.99. The molecule has 1 aliphatic rings. The van der Waals surface area contributed by atoms with Gasteiger partial charge in [-0.1, -0.05) is 6.07 Å². The molecular formula is C18H23N3OS. The molecule has 0 aliphatic carbocycles. The van der Waals surface area contributed by atoms with Crippen LogP contribution in [-0.2, 0) is 11.2 Å². The topological polar surface area (TPSA) is 46.1 Å². The summed E-state index contributed by atoms with van der Waals surface area (Å²) in [5, 5.41) is 3.17. The van der Waals surface area contributed by atoms with Gasteiger partial charge in [0.15, 0.2) is 0 Å². The minimum absolute atomic E-state index is 0.185. The van der Waals surface area contributed by atoms with Crippen molar-refractivity contribution in [3.8, 4) is 0 Å². The lowest BCUT2D eigenvalue weighted by Crippen LogP contribution is -2.38. The molecular weight excluding hydrogens is 306 g/mol. The lowest BCUT2D eigenvalue weighted by molar-refractivity contribution is -0.135. The van der Waals surface area contributed by atoms with Crippen molar-refractivity contribution in [3.63, 3.8) is 0 Å². The maximum atomic E-state index is 12.7. The van der Waals surface area contributed by atoms with E-state index in [0.29, 0.717) is 6.42 Å². The smallest absolute Gasteiger partial charge is 0.223 e. The summed E-state index contributed by atoms with van der Waals surface area (Å²) in [4.78, 5) is 23.6. The monoisotopic (exact) mass is 329 g/mol. The Kier molecular flexibility index (Phi) is 5.39. The summed E-state index contributed by atoms with van der Waals surface area (Å²) >= 11 is 1.68. The first-order chi connectivity index (χ1) is 11.2. The van der Waals surface area contributed by atoms with E-state index in [1.165, 1.54) is 6.42 Å². The fourth-order valence-corrected chi connectivity index (χ4v) is 4.07. The van der Waals surface area contributed by atoms with Gasteiger partial charge in [-0.3, -0.25) is 9.78 Å². The molecule has 2 aromatic heterocycles. The Morgan fingerprint density at radius 1 is 1.39 bits per heavy atom. The number of hydrogen-bond acceptors (Lipinski definition) is 4. The quantitative estimate of drug-likeness (QED) is 0.835. The molecule has 1 unspecified atom stereocenters. The van der Waals surface area contributed by atoms with Gasteiger partial charge >= 0.3 is 0 Å². The summed E-state index contributed by atoms with van der Waals surface area (Å²) in [6.07, 6.45) is 7.45. The number of rotatable bonds is 5. The summed E-state index contributed by atoms with van der Waals surface area (Å²) in [5.41, 5.74) is 2.11. The van der Waals surface area contributed by atoms with E-state index >= 15 is 0 Å². The number of aryl methyl sites for hydroxylation is 2. The Labute approximate surface area is 141 Å². The van der Waals surface area contributed by atoms with E-state index in [2.05, 4.69) is 20.2 Å². The highest BCUT2D eigenvalue weighted by atomic mass is 32.1. The van der Waals surface area contributed by atoms with Crippen LogP contribution in [0.4, 0.5) is 0 Å². The third-order valence-corrected chi connectivity index (χ3v) is 5.36. The number of aromatic nitrogens is 2. The fourth-order valence-electron chi connectivity index (χ4n) is 3.12. The maximum Gasteiger partial charge on any atom is 0.223 e. The Hall–Kier alpha value is -1.75. The Morgan fingerprint density at radius 2 is 2.30 bits per heavy atom. The van der Waals surface area contributed by atoms with Crippen LogP contribution in [0.1, 0.15) is 54.5 Å². The van der Waals surface area contributed by atoms with Crippen LogP contribution >= 0.6 is 11.3 Å². The van der Waals surface area contributed by atoms with Crippen LogP contribution in [0.15, 0.2) is 29.8 Å². The van der Waals surface area contributed by atoms with Gasteiger partial charge in [-0.25, -0.2) is 4.98 Å². The van der Waals surface area contributed by atoms with E-state index in [1.54, 1.807) is 11.3 Å². The molecule has 0 spiro atoms. The Balaban J connectivity index is 1.58. The van der Waals surface area contributed by atoms with Gasteiger partial charge in [-0.15, -0.1) is 11.3 Å². The molecule has 4 nitrogen and oxygen atoms in total. The van der Waals surface area contributed by atoms with Gasteiger partial charge in [-0.2, -0.15) is 0 Å². The zero-order chi connectivity index (χ0) is 16.1. The molecule has 3 heterocycles. The zero-order valence-corrected chi connectivity index (χ0v) is 14.4. The molecule has 23 heavy (non-hydrogen) atoms. The van der Waals surface area contributed by atoms with Gasteiger partial charge in [-0.05, 0) is 51.2 Å². The predicted octanol–water partition coefficient (Wildman–Crippen LogP) is 3.92. The highest BCUT2D eigenvalue weighted by Crippen LogP contribution is 2.33. The van der Waals surface area contributed by atoms with Gasteiger partial charge < -0.3 is 4.90 Å². The average molecular weight is 329 g/mol. The van der Waals surface area contributed by atoms with Crippen molar-refractivity contribution in [2.75, 3.05) is 6.54 Å². The minimum Gasteiger partial charge on any atom is -0.333 e. The van der Waals surface area contributed by atoms with Crippen LogP contribution in [-0.4, -0.2) is 27.3 Å². The summed E-state index contributed by atoms with van der Waals surface area (Å²) in [6.45, 7) is 2.88. The van der Waals surface area contributed by atoms with Crippen LogP contribution in [0.25, 0.3) is 0 Å². The van der Waals surface area contributed by atoms with E-state index in [0.717, 1.165) is 48.6 Å². The molecule has 0 saturated carbocycles.